The SMILES string of the molecule is CC(=O)NCc1ccc(S(=O)(=O)N2CCN(Cc3c(F)cccc3Cl)CC2)s1. The minimum absolute atomic E-state index is 0.163. The highest BCUT2D eigenvalue weighted by Crippen LogP contribution is 2.27. The maximum atomic E-state index is 14.0. The molecule has 1 N–H and O–H groups in total. The molecule has 0 bridgehead atoms. The van der Waals surface area contributed by atoms with Gasteiger partial charge in [-0.05, 0) is 24.3 Å². The van der Waals surface area contributed by atoms with E-state index in [4.69, 9.17) is 11.6 Å². The predicted octanol–water partition coefficient (Wildman–Crippen LogP) is 2.68. The summed E-state index contributed by atoms with van der Waals surface area (Å²) in [5.74, 6) is -0.517. The lowest BCUT2D eigenvalue weighted by atomic mass is 10.2. The summed E-state index contributed by atoms with van der Waals surface area (Å²) in [6.07, 6.45) is 0. The largest absolute Gasteiger partial charge is 0.351 e. The Morgan fingerprint density at radius 1 is 1.21 bits per heavy atom. The summed E-state index contributed by atoms with van der Waals surface area (Å²) in [7, 11) is -3.58. The smallest absolute Gasteiger partial charge is 0.252 e. The molecule has 0 saturated carbocycles. The molecule has 0 aliphatic carbocycles. The van der Waals surface area contributed by atoms with E-state index in [0.717, 1.165) is 16.2 Å². The van der Waals surface area contributed by atoms with Gasteiger partial charge in [-0.2, -0.15) is 4.31 Å². The Morgan fingerprint density at radius 2 is 1.93 bits per heavy atom. The predicted molar refractivity (Wildman–Crippen MR) is 107 cm³/mol. The first kappa shape index (κ1) is 21.2. The first-order valence-corrected chi connectivity index (χ1v) is 11.4. The zero-order valence-electron chi connectivity index (χ0n) is 15.3. The van der Waals surface area contributed by atoms with Gasteiger partial charge in [-0.15, -0.1) is 11.3 Å². The van der Waals surface area contributed by atoms with Gasteiger partial charge in [-0.1, -0.05) is 17.7 Å². The summed E-state index contributed by atoms with van der Waals surface area (Å²) in [6.45, 7) is 3.72. The first-order chi connectivity index (χ1) is 13.3. The van der Waals surface area contributed by atoms with Gasteiger partial charge in [-0.3, -0.25) is 9.69 Å². The molecule has 10 heteroatoms. The van der Waals surface area contributed by atoms with Gasteiger partial charge in [0.05, 0.1) is 6.54 Å². The third-order valence-electron chi connectivity index (χ3n) is 4.52. The average Bonchev–Trinajstić information content (AvgIpc) is 3.13. The number of thiophene rings is 1. The van der Waals surface area contributed by atoms with Crippen LogP contribution in [0.1, 0.15) is 17.4 Å². The zero-order valence-corrected chi connectivity index (χ0v) is 17.7. The Labute approximate surface area is 173 Å². The number of benzene rings is 1. The van der Waals surface area contributed by atoms with Gasteiger partial charge in [0.2, 0.25) is 5.91 Å². The van der Waals surface area contributed by atoms with Crippen LogP contribution in [0, 0.1) is 5.82 Å². The molecule has 152 valence electrons. The summed E-state index contributed by atoms with van der Waals surface area (Å²) < 4.78 is 41.4. The molecule has 2 aromatic rings. The highest BCUT2D eigenvalue weighted by Gasteiger charge is 2.30. The number of nitrogens with one attached hydrogen (secondary N) is 1. The number of nitrogens with zero attached hydrogens (tertiary/aromatic N) is 2. The molecule has 1 aromatic carbocycles. The van der Waals surface area contributed by atoms with Crippen LogP contribution < -0.4 is 5.32 Å². The Morgan fingerprint density at radius 3 is 2.57 bits per heavy atom. The lowest BCUT2D eigenvalue weighted by molar-refractivity contribution is -0.119. The number of hydrogen-bond donors (Lipinski definition) is 1. The Balaban J connectivity index is 1.61. The maximum Gasteiger partial charge on any atom is 0.252 e. The number of piperazine rings is 1. The molecule has 1 amide bonds. The van der Waals surface area contributed by atoms with Crippen molar-refractivity contribution in [3.8, 4) is 0 Å². The molecule has 0 radical (unpaired) electrons. The second-order valence-electron chi connectivity index (χ2n) is 6.51. The summed E-state index contributed by atoms with van der Waals surface area (Å²) in [6, 6.07) is 7.87. The third-order valence-corrected chi connectivity index (χ3v) is 8.32. The standard InChI is InChI=1S/C18H21ClFN3O3S2/c1-13(24)21-11-14-5-6-18(27-14)28(25,26)23-9-7-22(8-10-23)12-15-16(19)3-2-4-17(15)20/h2-6H,7-12H2,1H3,(H,21,24). The first-order valence-electron chi connectivity index (χ1n) is 8.76. The van der Waals surface area contributed by atoms with Gasteiger partial charge in [0, 0.05) is 55.1 Å². The van der Waals surface area contributed by atoms with Crippen LogP contribution >= 0.6 is 22.9 Å². The van der Waals surface area contributed by atoms with Crippen LogP contribution in [-0.4, -0.2) is 49.7 Å². The molecule has 1 fully saturated rings. The van der Waals surface area contributed by atoms with Crippen LogP contribution in [0.5, 0.6) is 0 Å². The lowest BCUT2D eigenvalue weighted by Gasteiger charge is -2.33. The molecular formula is C18H21ClFN3O3S2. The summed E-state index contributed by atoms with van der Waals surface area (Å²) in [5, 5.41) is 3.03. The van der Waals surface area contributed by atoms with Crippen molar-refractivity contribution in [2.75, 3.05) is 26.2 Å². The number of sulfonamides is 1. The van der Waals surface area contributed by atoms with Gasteiger partial charge >= 0.3 is 0 Å². The molecule has 1 aliphatic heterocycles. The number of amides is 1. The van der Waals surface area contributed by atoms with Gasteiger partial charge in [-0.25, -0.2) is 12.8 Å². The van der Waals surface area contributed by atoms with E-state index in [0.29, 0.717) is 49.9 Å². The van der Waals surface area contributed by atoms with Crippen molar-refractivity contribution in [1.82, 2.24) is 14.5 Å². The van der Waals surface area contributed by atoms with Crippen molar-refractivity contribution in [2.45, 2.75) is 24.2 Å². The van der Waals surface area contributed by atoms with Crippen molar-refractivity contribution in [3.63, 3.8) is 0 Å². The van der Waals surface area contributed by atoms with E-state index in [9.17, 15) is 17.6 Å². The third kappa shape index (κ3) is 4.90. The number of carbonyl (C=O) groups excluding carboxylic acids is 1. The monoisotopic (exact) mass is 445 g/mol. The van der Waals surface area contributed by atoms with E-state index in [1.807, 2.05) is 4.90 Å². The van der Waals surface area contributed by atoms with Gasteiger partial charge < -0.3 is 5.32 Å². The van der Waals surface area contributed by atoms with Crippen LogP contribution in [0.4, 0.5) is 4.39 Å². The van der Waals surface area contributed by atoms with E-state index in [1.54, 1.807) is 24.3 Å². The summed E-state index contributed by atoms with van der Waals surface area (Å²) in [4.78, 5) is 13.8. The molecule has 3 rings (SSSR count). The minimum atomic E-state index is -3.58. The van der Waals surface area contributed by atoms with Crippen molar-refractivity contribution in [1.29, 1.82) is 0 Å². The van der Waals surface area contributed by atoms with Gasteiger partial charge in [0.25, 0.3) is 10.0 Å². The molecular weight excluding hydrogens is 425 g/mol. The quantitative estimate of drug-likeness (QED) is 0.742. The van der Waals surface area contributed by atoms with Crippen LogP contribution in [0.15, 0.2) is 34.5 Å². The minimum Gasteiger partial charge on any atom is -0.351 e. The molecule has 0 unspecified atom stereocenters. The van der Waals surface area contributed by atoms with E-state index in [2.05, 4.69) is 5.32 Å². The number of carbonyl (C=O) groups is 1. The van der Waals surface area contributed by atoms with E-state index < -0.39 is 10.0 Å². The van der Waals surface area contributed by atoms with Crippen molar-refractivity contribution in [2.24, 2.45) is 0 Å². The van der Waals surface area contributed by atoms with Crippen molar-refractivity contribution < 1.29 is 17.6 Å². The van der Waals surface area contributed by atoms with Gasteiger partial charge in [0.1, 0.15) is 10.0 Å². The van der Waals surface area contributed by atoms with Gasteiger partial charge in [0.15, 0.2) is 0 Å². The van der Waals surface area contributed by atoms with Crippen LogP contribution in [0.25, 0.3) is 0 Å². The Bertz CT molecular complexity index is 936. The summed E-state index contributed by atoms with van der Waals surface area (Å²) in [5.41, 5.74) is 0.432. The molecule has 1 saturated heterocycles. The normalized spacial score (nSPS) is 16.2. The Hall–Kier alpha value is -1.52. The van der Waals surface area contributed by atoms with Crippen LogP contribution in [-0.2, 0) is 27.9 Å². The maximum absolute atomic E-state index is 14.0. The fourth-order valence-corrected chi connectivity index (χ4v) is 6.06. The lowest BCUT2D eigenvalue weighted by Crippen LogP contribution is -2.48. The number of halogens is 2. The second kappa shape index (κ2) is 8.87. The van der Waals surface area contributed by atoms with Crippen molar-refractivity contribution >= 4 is 38.9 Å². The molecule has 1 aromatic heterocycles. The fraction of sp³-hybridized carbons (Fsp3) is 0.389. The molecule has 6 nitrogen and oxygen atoms in total. The van der Waals surface area contributed by atoms with E-state index in [-0.39, 0.29) is 15.9 Å². The fourth-order valence-electron chi connectivity index (χ4n) is 2.97. The average molecular weight is 446 g/mol. The highest BCUT2D eigenvalue weighted by atomic mass is 35.5. The molecule has 28 heavy (non-hydrogen) atoms. The highest BCUT2D eigenvalue weighted by molar-refractivity contribution is 7.91. The molecule has 2 heterocycles. The van der Waals surface area contributed by atoms with E-state index in [1.165, 1.54) is 17.3 Å². The molecule has 0 atom stereocenters. The van der Waals surface area contributed by atoms with Crippen LogP contribution in [0.2, 0.25) is 5.02 Å². The summed E-state index contributed by atoms with van der Waals surface area (Å²) >= 11 is 7.24. The Kier molecular flexibility index (Phi) is 6.72. The second-order valence-corrected chi connectivity index (χ2v) is 10.3. The van der Waals surface area contributed by atoms with Crippen LogP contribution in [0.3, 0.4) is 0 Å². The molecule has 1 aliphatic rings. The molecule has 0 spiro atoms. The number of hydrogen-bond acceptors (Lipinski definition) is 5. The number of rotatable bonds is 6. The topological polar surface area (TPSA) is 69.7 Å². The van der Waals surface area contributed by atoms with E-state index >= 15 is 0 Å². The van der Waals surface area contributed by atoms with Crippen molar-refractivity contribution in [3.05, 3.63) is 51.6 Å². The zero-order chi connectivity index (χ0) is 20.3.